The average molecular weight is 320 g/mol. The fraction of sp³-hybridized carbons (Fsp3) is 0.214. The molecule has 0 amide bonds. The van der Waals surface area contributed by atoms with Gasteiger partial charge in [0.05, 0.1) is 11.1 Å². The second kappa shape index (κ2) is 6.99. The highest BCUT2D eigenvalue weighted by molar-refractivity contribution is 7.99. The molecule has 0 aliphatic rings. The van der Waals surface area contributed by atoms with Crippen LogP contribution in [0.2, 0.25) is 0 Å². The Hall–Kier alpha value is -2.48. The Labute approximate surface area is 130 Å². The molecule has 22 heavy (non-hydrogen) atoms. The van der Waals surface area contributed by atoms with Gasteiger partial charge in [-0.3, -0.25) is 9.78 Å². The number of carboxylic acids is 1. The number of nitrogen functional groups attached to an aromatic ring is 2. The first kappa shape index (κ1) is 15.9. The highest BCUT2D eigenvalue weighted by Gasteiger charge is 2.08. The van der Waals surface area contributed by atoms with E-state index in [-0.39, 0.29) is 22.9 Å². The van der Waals surface area contributed by atoms with E-state index in [1.54, 1.807) is 36.0 Å². The second-order valence-electron chi connectivity index (χ2n) is 4.60. The van der Waals surface area contributed by atoms with Crippen molar-refractivity contribution in [1.29, 1.82) is 0 Å². The first-order valence-electron chi connectivity index (χ1n) is 6.57. The van der Waals surface area contributed by atoms with Gasteiger partial charge in [-0.2, -0.15) is 4.98 Å². The molecule has 0 saturated carbocycles. The molecule has 0 radical (unpaired) electrons. The Morgan fingerprint density at radius 1 is 1.27 bits per heavy atom. The van der Waals surface area contributed by atoms with Gasteiger partial charge in [-0.1, -0.05) is 0 Å². The molecule has 116 valence electrons. The maximum atomic E-state index is 11.7. The van der Waals surface area contributed by atoms with Crippen LogP contribution in [0, 0.1) is 0 Å². The van der Waals surface area contributed by atoms with Gasteiger partial charge in [0.25, 0.3) is 5.56 Å². The van der Waals surface area contributed by atoms with Crippen molar-refractivity contribution in [1.82, 2.24) is 9.97 Å². The van der Waals surface area contributed by atoms with Gasteiger partial charge in [0, 0.05) is 4.90 Å². The predicted molar refractivity (Wildman–Crippen MR) is 86.1 cm³/mol. The molecule has 2 rings (SSSR count). The van der Waals surface area contributed by atoms with Gasteiger partial charge in [0.15, 0.2) is 0 Å². The number of carboxylic acid groups (broad SMARTS) is 1. The summed E-state index contributed by atoms with van der Waals surface area (Å²) in [4.78, 5) is 29.7. The number of nitrogens with one attached hydrogen (secondary N) is 1. The quantitative estimate of drug-likeness (QED) is 0.466. The summed E-state index contributed by atoms with van der Waals surface area (Å²) in [5.74, 6) is 0.00803. The second-order valence-corrected chi connectivity index (χ2v) is 5.76. The summed E-state index contributed by atoms with van der Waals surface area (Å²) in [5.41, 5.74) is 11.5. The number of hydrogen-bond acceptors (Lipinski definition) is 6. The summed E-state index contributed by atoms with van der Waals surface area (Å²) >= 11 is 1.58. The molecular weight excluding hydrogens is 304 g/mol. The first-order chi connectivity index (χ1) is 10.5. The SMILES string of the molecule is Nc1nc(N)c(CCCSc2ccc(C(=O)O)cc2)c(=O)[nH]1. The molecule has 0 aliphatic heterocycles. The standard InChI is InChI=1S/C14H16N4O3S/c15-11-10(12(19)18-14(16)17-11)2-1-7-22-9-5-3-8(4-6-9)13(20)21/h3-6H,1-2,7H2,(H,20,21)(H5,15,16,17,18,19). The Morgan fingerprint density at radius 2 is 1.95 bits per heavy atom. The molecular formula is C14H16N4O3S. The molecule has 2 aromatic rings. The zero-order valence-electron chi connectivity index (χ0n) is 11.7. The van der Waals surface area contributed by atoms with Crippen molar-refractivity contribution in [2.75, 3.05) is 17.2 Å². The fourth-order valence-electron chi connectivity index (χ4n) is 1.91. The minimum atomic E-state index is -0.942. The largest absolute Gasteiger partial charge is 0.478 e. The molecule has 7 nitrogen and oxygen atoms in total. The number of rotatable bonds is 6. The topological polar surface area (TPSA) is 135 Å². The van der Waals surface area contributed by atoms with Crippen LogP contribution in [0.25, 0.3) is 0 Å². The highest BCUT2D eigenvalue weighted by Crippen LogP contribution is 2.20. The maximum Gasteiger partial charge on any atom is 0.335 e. The third-order valence-corrected chi connectivity index (χ3v) is 4.11. The van der Waals surface area contributed by atoms with Crippen LogP contribution in [0.3, 0.4) is 0 Å². The number of carbonyl (C=O) groups is 1. The lowest BCUT2D eigenvalue weighted by Gasteiger charge is -2.05. The van der Waals surface area contributed by atoms with E-state index in [9.17, 15) is 9.59 Å². The van der Waals surface area contributed by atoms with E-state index in [4.69, 9.17) is 16.6 Å². The number of thioether (sulfide) groups is 1. The lowest BCUT2D eigenvalue weighted by molar-refractivity contribution is 0.0697. The number of aromatic nitrogens is 2. The summed E-state index contributed by atoms with van der Waals surface area (Å²) in [6, 6.07) is 6.66. The summed E-state index contributed by atoms with van der Waals surface area (Å²) < 4.78 is 0. The van der Waals surface area contributed by atoms with E-state index in [0.717, 1.165) is 17.1 Å². The van der Waals surface area contributed by atoms with Crippen LogP contribution in [-0.2, 0) is 6.42 Å². The Bertz CT molecular complexity index is 728. The summed E-state index contributed by atoms with van der Waals surface area (Å²) in [5, 5.41) is 8.82. The normalized spacial score (nSPS) is 10.5. The minimum Gasteiger partial charge on any atom is -0.478 e. The number of H-pyrrole nitrogens is 1. The van der Waals surface area contributed by atoms with Gasteiger partial charge >= 0.3 is 5.97 Å². The Balaban J connectivity index is 1.87. The zero-order valence-corrected chi connectivity index (χ0v) is 12.5. The van der Waals surface area contributed by atoms with Gasteiger partial charge in [-0.15, -0.1) is 11.8 Å². The van der Waals surface area contributed by atoms with E-state index in [0.29, 0.717) is 12.0 Å². The summed E-state index contributed by atoms with van der Waals surface area (Å²) in [7, 11) is 0. The van der Waals surface area contributed by atoms with E-state index in [1.165, 1.54) is 0 Å². The van der Waals surface area contributed by atoms with Crippen LogP contribution < -0.4 is 17.0 Å². The number of aromatic carboxylic acids is 1. The first-order valence-corrected chi connectivity index (χ1v) is 7.56. The van der Waals surface area contributed by atoms with Crippen LogP contribution in [0.15, 0.2) is 34.0 Å². The number of benzene rings is 1. The van der Waals surface area contributed by atoms with Crippen molar-refractivity contribution in [3.05, 3.63) is 45.7 Å². The van der Waals surface area contributed by atoms with E-state index in [2.05, 4.69) is 9.97 Å². The molecule has 0 saturated heterocycles. The summed E-state index contributed by atoms with van der Waals surface area (Å²) in [6.45, 7) is 0. The number of aromatic amines is 1. The third kappa shape index (κ3) is 4.01. The molecule has 0 atom stereocenters. The average Bonchev–Trinajstić information content (AvgIpc) is 2.46. The summed E-state index contributed by atoms with van der Waals surface area (Å²) in [6.07, 6.45) is 1.25. The Kier molecular flexibility index (Phi) is 5.05. The monoisotopic (exact) mass is 320 g/mol. The Morgan fingerprint density at radius 3 is 2.55 bits per heavy atom. The van der Waals surface area contributed by atoms with Crippen molar-refractivity contribution < 1.29 is 9.90 Å². The van der Waals surface area contributed by atoms with Gasteiger partial charge in [0.2, 0.25) is 5.95 Å². The van der Waals surface area contributed by atoms with Crippen LogP contribution >= 0.6 is 11.8 Å². The van der Waals surface area contributed by atoms with Crippen LogP contribution in [-0.4, -0.2) is 26.8 Å². The van der Waals surface area contributed by atoms with E-state index in [1.807, 2.05) is 0 Å². The van der Waals surface area contributed by atoms with Crippen LogP contribution in [0.1, 0.15) is 22.3 Å². The zero-order chi connectivity index (χ0) is 16.1. The van der Waals surface area contributed by atoms with Crippen molar-refractivity contribution >= 4 is 29.5 Å². The lowest BCUT2D eigenvalue weighted by Crippen LogP contribution is -2.19. The van der Waals surface area contributed by atoms with Crippen molar-refractivity contribution in [2.24, 2.45) is 0 Å². The molecule has 6 N–H and O–H groups in total. The van der Waals surface area contributed by atoms with Crippen LogP contribution in [0.5, 0.6) is 0 Å². The van der Waals surface area contributed by atoms with Crippen molar-refractivity contribution in [2.45, 2.75) is 17.7 Å². The number of nitrogens with two attached hydrogens (primary N) is 2. The highest BCUT2D eigenvalue weighted by atomic mass is 32.2. The fourth-order valence-corrected chi connectivity index (χ4v) is 2.76. The van der Waals surface area contributed by atoms with E-state index < -0.39 is 5.97 Å². The van der Waals surface area contributed by atoms with Crippen molar-refractivity contribution in [3.63, 3.8) is 0 Å². The molecule has 0 unspecified atom stereocenters. The van der Waals surface area contributed by atoms with Gasteiger partial charge in [-0.25, -0.2) is 4.79 Å². The van der Waals surface area contributed by atoms with Gasteiger partial charge < -0.3 is 16.6 Å². The molecule has 0 spiro atoms. The van der Waals surface area contributed by atoms with Crippen molar-refractivity contribution in [3.8, 4) is 0 Å². The van der Waals surface area contributed by atoms with E-state index >= 15 is 0 Å². The maximum absolute atomic E-state index is 11.7. The number of hydrogen-bond donors (Lipinski definition) is 4. The molecule has 0 fully saturated rings. The predicted octanol–water partition coefficient (Wildman–Crippen LogP) is 1.36. The number of nitrogens with zero attached hydrogens (tertiary/aromatic N) is 1. The lowest BCUT2D eigenvalue weighted by atomic mass is 10.2. The molecule has 1 aromatic carbocycles. The molecule has 0 bridgehead atoms. The number of anilines is 2. The van der Waals surface area contributed by atoms with Gasteiger partial charge in [-0.05, 0) is 42.9 Å². The third-order valence-electron chi connectivity index (χ3n) is 3.01. The smallest absolute Gasteiger partial charge is 0.335 e. The molecule has 1 aromatic heterocycles. The van der Waals surface area contributed by atoms with Gasteiger partial charge in [0.1, 0.15) is 5.82 Å². The molecule has 0 aliphatic carbocycles. The molecule has 1 heterocycles. The molecule has 8 heteroatoms. The van der Waals surface area contributed by atoms with Crippen LogP contribution in [0.4, 0.5) is 11.8 Å². The minimum absolute atomic E-state index is 0.0131.